The van der Waals surface area contributed by atoms with Crippen LogP contribution in [-0.4, -0.2) is 16.7 Å². The quantitative estimate of drug-likeness (QED) is 0.803. The fourth-order valence-electron chi connectivity index (χ4n) is 2.53. The van der Waals surface area contributed by atoms with E-state index in [1.165, 1.54) is 22.9 Å². The highest BCUT2D eigenvalue weighted by atomic mass is 15.0. The van der Waals surface area contributed by atoms with E-state index in [-0.39, 0.29) is 5.54 Å². The zero-order chi connectivity index (χ0) is 13.9. The first-order valence-electron chi connectivity index (χ1n) is 7.33. The number of nitrogens with one attached hydrogen (secondary N) is 1. The molecule has 19 heavy (non-hydrogen) atoms. The van der Waals surface area contributed by atoms with Crippen molar-refractivity contribution in [3.63, 3.8) is 0 Å². The molecule has 0 aliphatic heterocycles. The van der Waals surface area contributed by atoms with Gasteiger partial charge in [0.25, 0.3) is 0 Å². The maximum absolute atomic E-state index is 3.55. The van der Waals surface area contributed by atoms with E-state index < -0.39 is 0 Å². The average molecular weight is 258 g/mol. The van der Waals surface area contributed by atoms with E-state index in [1.807, 2.05) is 0 Å². The molecular weight excluding hydrogens is 232 g/mol. The van der Waals surface area contributed by atoms with Gasteiger partial charge in [0.05, 0.1) is 0 Å². The predicted molar refractivity (Wildman–Crippen MR) is 83.7 cm³/mol. The van der Waals surface area contributed by atoms with Crippen molar-refractivity contribution in [2.75, 3.05) is 6.54 Å². The lowest BCUT2D eigenvalue weighted by atomic mass is 10.1. The smallest absolute Gasteiger partial charge is 0.0483 e. The molecule has 1 aromatic heterocycles. The topological polar surface area (TPSA) is 17.0 Å². The van der Waals surface area contributed by atoms with Crippen molar-refractivity contribution in [3.8, 4) is 0 Å². The molecule has 104 valence electrons. The van der Waals surface area contributed by atoms with Gasteiger partial charge in [-0.25, -0.2) is 0 Å². The van der Waals surface area contributed by atoms with Gasteiger partial charge < -0.3 is 9.88 Å². The lowest BCUT2D eigenvalue weighted by Crippen LogP contribution is -2.36. The largest absolute Gasteiger partial charge is 0.347 e. The number of aromatic nitrogens is 1. The third-order valence-corrected chi connectivity index (χ3v) is 3.49. The molecule has 0 fully saturated rings. The molecule has 0 amide bonds. The Morgan fingerprint density at radius 3 is 2.58 bits per heavy atom. The van der Waals surface area contributed by atoms with Crippen LogP contribution in [0.3, 0.4) is 0 Å². The van der Waals surface area contributed by atoms with Crippen molar-refractivity contribution >= 4 is 10.9 Å². The van der Waals surface area contributed by atoms with Gasteiger partial charge in [-0.15, -0.1) is 0 Å². The summed E-state index contributed by atoms with van der Waals surface area (Å²) in [5.74, 6) is 0. The lowest BCUT2D eigenvalue weighted by molar-refractivity contribution is 0.422. The van der Waals surface area contributed by atoms with E-state index in [1.54, 1.807) is 0 Å². The molecule has 0 unspecified atom stereocenters. The minimum atomic E-state index is 0.220. The van der Waals surface area contributed by atoms with Crippen LogP contribution in [-0.2, 0) is 13.0 Å². The number of hydrogen-bond acceptors (Lipinski definition) is 1. The minimum absolute atomic E-state index is 0.220. The van der Waals surface area contributed by atoms with E-state index >= 15 is 0 Å². The van der Waals surface area contributed by atoms with Crippen LogP contribution in [0.15, 0.2) is 30.5 Å². The van der Waals surface area contributed by atoms with Crippen LogP contribution in [0.2, 0.25) is 0 Å². The normalized spacial score (nSPS) is 12.2. The van der Waals surface area contributed by atoms with E-state index in [4.69, 9.17) is 0 Å². The van der Waals surface area contributed by atoms with Gasteiger partial charge in [-0.05, 0) is 58.7 Å². The fraction of sp³-hybridized carbons (Fsp3) is 0.529. The molecule has 2 nitrogen and oxygen atoms in total. The Labute approximate surface area is 116 Å². The second kappa shape index (κ2) is 5.79. The number of fused-ring (bicyclic) bond motifs is 1. The van der Waals surface area contributed by atoms with Crippen LogP contribution < -0.4 is 5.32 Å². The summed E-state index contributed by atoms with van der Waals surface area (Å²) in [6, 6.07) is 8.72. The minimum Gasteiger partial charge on any atom is -0.347 e. The van der Waals surface area contributed by atoms with Gasteiger partial charge >= 0.3 is 0 Å². The number of aryl methyl sites for hydroxylation is 2. The van der Waals surface area contributed by atoms with Crippen LogP contribution in [0.25, 0.3) is 10.9 Å². The molecule has 0 saturated heterocycles. The van der Waals surface area contributed by atoms with Crippen molar-refractivity contribution in [3.05, 3.63) is 36.0 Å². The summed E-state index contributed by atoms with van der Waals surface area (Å²) in [5.41, 5.74) is 3.06. The van der Waals surface area contributed by atoms with E-state index in [9.17, 15) is 0 Å². The molecule has 0 aliphatic carbocycles. The highest BCUT2D eigenvalue weighted by Crippen LogP contribution is 2.22. The molecule has 2 aromatic rings. The molecule has 2 rings (SSSR count). The summed E-state index contributed by atoms with van der Waals surface area (Å²) in [7, 11) is 0. The highest BCUT2D eigenvalue weighted by Gasteiger charge is 2.09. The third-order valence-electron chi connectivity index (χ3n) is 3.49. The molecule has 0 bridgehead atoms. The number of benzene rings is 1. The summed E-state index contributed by atoms with van der Waals surface area (Å²) in [5, 5.41) is 4.97. The Hall–Kier alpha value is -1.28. The van der Waals surface area contributed by atoms with Crippen molar-refractivity contribution < 1.29 is 0 Å². The van der Waals surface area contributed by atoms with Gasteiger partial charge in [0.1, 0.15) is 0 Å². The summed E-state index contributed by atoms with van der Waals surface area (Å²) in [6.07, 6.45) is 4.66. The Kier molecular flexibility index (Phi) is 4.31. The van der Waals surface area contributed by atoms with Crippen molar-refractivity contribution in [1.82, 2.24) is 9.88 Å². The first-order valence-corrected chi connectivity index (χ1v) is 7.33. The van der Waals surface area contributed by atoms with E-state index in [2.05, 4.69) is 68.0 Å². The van der Waals surface area contributed by atoms with E-state index in [0.29, 0.717) is 0 Å². The molecule has 1 N–H and O–H groups in total. The van der Waals surface area contributed by atoms with Crippen molar-refractivity contribution in [1.29, 1.82) is 0 Å². The first-order chi connectivity index (χ1) is 9.01. The van der Waals surface area contributed by atoms with Crippen LogP contribution in [0, 0.1) is 0 Å². The Balaban J connectivity index is 2.05. The lowest BCUT2D eigenvalue weighted by Gasteiger charge is -2.20. The number of para-hydroxylation sites is 1. The molecule has 0 saturated carbocycles. The van der Waals surface area contributed by atoms with Crippen LogP contribution in [0.1, 0.15) is 39.7 Å². The number of rotatable bonds is 5. The molecule has 0 aliphatic rings. The zero-order valence-corrected chi connectivity index (χ0v) is 12.7. The molecular formula is C17H26N2. The third kappa shape index (κ3) is 3.60. The maximum Gasteiger partial charge on any atom is 0.0483 e. The highest BCUT2D eigenvalue weighted by molar-refractivity contribution is 5.83. The SMILES string of the molecule is CCn1cc(CCCNC(C)(C)C)c2ccccc21. The van der Waals surface area contributed by atoms with Gasteiger partial charge in [-0.3, -0.25) is 0 Å². The van der Waals surface area contributed by atoms with E-state index in [0.717, 1.165) is 19.5 Å². The Bertz CT molecular complexity index is 532. The summed E-state index contributed by atoms with van der Waals surface area (Å²) in [4.78, 5) is 0. The zero-order valence-electron chi connectivity index (χ0n) is 12.7. The van der Waals surface area contributed by atoms with Crippen LogP contribution >= 0.6 is 0 Å². The Morgan fingerprint density at radius 2 is 1.89 bits per heavy atom. The number of nitrogens with zero attached hydrogens (tertiary/aromatic N) is 1. The second-order valence-electron chi connectivity index (χ2n) is 6.24. The molecule has 0 radical (unpaired) electrons. The summed E-state index contributed by atoms with van der Waals surface area (Å²) >= 11 is 0. The Morgan fingerprint density at radius 1 is 1.16 bits per heavy atom. The predicted octanol–water partition coefficient (Wildman–Crippen LogP) is 3.98. The van der Waals surface area contributed by atoms with Gasteiger partial charge in [0.2, 0.25) is 0 Å². The van der Waals surface area contributed by atoms with Gasteiger partial charge in [-0.2, -0.15) is 0 Å². The average Bonchev–Trinajstić information content (AvgIpc) is 2.72. The molecule has 1 aromatic carbocycles. The monoisotopic (exact) mass is 258 g/mol. The maximum atomic E-state index is 3.55. The molecule has 2 heteroatoms. The summed E-state index contributed by atoms with van der Waals surface area (Å²) < 4.78 is 2.35. The standard InChI is InChI=1S/C17H26N2/c1-5-19-13-14(9-8-12-18-17(2,3)4)15-10-6-7-11-16(15)19/h6-7,10-11,13,18H,5,8-9,12H2,1-4H3. The molecule has 0 spiro atoms. The first kappa shape index (κ1) is 14.1. The number of hydrogen-bond donors (Lipinski definition) is 1. The fourth-order valence-corrected chi connectivity index (χ4v) is 2.53. The summed E-state index contributed by atoms with van der Waals surface area (Å²) in [6.45, 7) is 11.0. The van der Waals surface area contributed by atoms with Crippen LogP contribution in [0.4, 0.5) is 0 Å². The van der Waals surface area contributed by atoms with Gasteiger partial charge in [0, 0.05) is 29.2 Å². The van der Waals surface area contributed by atoms with Gasteiger partial charge in [0.15, 0.2) is 0 Å². The molecule has 0 atom stereocenters. The van der Waals surface area contributed by atoms with Crippen molar-refractivity contribution in [2.24, 2.45) is 0 Å². The van der Waals surface area contributed by atoms with Gasteiger partial charge in [-0.1, -0.05) is 18.2 Å². The second-order valence-corrected chi connectivity index (χ2v) is 6.24. The van der Waals surface area contributed by atoms with Crippen molar-refractivity contribution in [2.45, 2.75) is 52.6 Å². The van der Waals surface area contributed by atoms with Crippen LogP contribution in [0.5, 0.6) is 0 Å². The molecule has 1 heterocycles.